The first-order valence-corrected chi connectivity index (χ1v) is 13.4. The Morgan fingerprint density at radius 3 is 2.41 bits per heavy atom. The van der Waals surface area contributed by atoms with Crippen molar-refractivity contribution in [2.75, 3.05) is 26.3 Å². The van der Waals surface area contributed by atoms with Gasteiger partial charge in [0.2, 0.25) is 10.0 Å². The van der Waals surface area contributed by atoms with E-state index in [1.165, 1.54) is 12.1 Å². The van der Waals surface area contributed by atoms with Crippen molar-refractivity contribution in [3.63, 3.8) is 0 Å². The van der Waals surface area contributed by atoms with Crippen molar-refractivity contribution < 1.29 is 28.5 Å². The van der Waals surface area contributed by atoms with Crippen LogP contribution in [0.3, 0.4) is 0 Å². The van der Waals surface area contributed by atoms with E-state index in [0.29, 0.717) is 17.7 Å². The van der Waals surface area contributed by atoms with Crippen molar-refractivity contribution in [3.05, 3.63) is 59.2 Å². The molecule has 0 bridgehead atoms. The molecule has 8 nitrogen and oxygen atoms in total. The lowest BCUT2D eigenvalue weighted by molar-refractivity contribution is 0.125. The summed E-state index contributed by atoms with van der Waals surface area (Å²) in [6.07, 6.45) is 6.12. The number of aromatic hydroxyl groups is 1. The number of nitrogens with two attached hydrogens (primary N) is 1. The molecule has 2 rings (SSSR count). The molecule has 0 spiro atoms. The second-order valence-corrected chi connectivity index (χ2v) is 10.0. The van der Waals surface area contributed by atoms with Gasteiger partial charge in [0.1, 0.15) is 5.75 Å². The molecule has 6 N–H and O–H groups in total. The number of ether oxygens (including phenoxy) is 1. The van der Waals surface area contributed by atoms with Gasteiger partial charge in [-0.25, -0.2) is 13.6 Å². The third-order valence-electron chi connectivity index (χ3n) is 5.62. The average Bonchev–Trinajstić information content (AvgIpc) is 2.81. The molecule has 2 aromatic carbocycles. The van der Waals surface area contributed by atoms with Gasteiger partial charge in [-0.05, 0) is 80.5 Å². The number of aliphatic hydroxyl groups excluding tert-OH is 2. The Bertz CT molecular complexity index is 968. The summed E-state index contributed by atoms with van der Waals surface area (Å²) in [6, 6.07) is 11.6. The molecule has 0 aliphatic heterocycles. The molecule has 9 heteroatoms. The van der Waals surface area contributed by atoms with Gasteiger partial charge in [0, 0.05) is 25.3 Å². The molecule has 0 amide bonds. The Kier molecular flexibility index (Phi) is 12.5. The van der Waals surface area contributed by atoms with Crippen LogP contribution in [0.2, 0.25) is 0 Å². The summed E-state index contributed by atoms with van der Waals surface area (Å²) < 4.78 is 28.5. The van der Waals surface area contributed by atoms with Crippen LogP contribution in [0.1, 0.15) is 61.3 Å². The number of phenols is 1. The van der Waals surface area contributed by atoms with Gasteiger partial charge in [0.05, 0.1) is 17.6 Å². The average molecular weight is 495 g/mol. The summed E-state index contributed by atoms with van der Waals surface area (Å²) in [5.74, 6) is 0.0294. The minimum Gasteiger partial charge on any atom is -0.508 e. The topological polar surface area (TPSA) is 142 Å². The Labute approximate surface area is 202 Å². The van der Waals surface area contributed by atoms with Gasteiger partial charge in [-0.1, -0.05) is 24.6 Å². The normalized spacial score (nSPS) is 12.7. The van der Waals surface area contributed by atoms with Crippen LogP contribution in [0.4, 0.5) is 0 Å². The molecule has 0 heterocycles. The van der Waals surface area contributed by atoms with Crippen LogP contribution in [-0.2, 0) is 27.8 Å². The van der Waals surface area contributed by atoms with E-state index in [2.05, 4.69) is 5.32 Å². The summed E-state index contributed by atoms with van der Waals surface area (Å²) in [4.78, 5) is 0.161. The number of hydrogen-bond donors (Lipinski definition) is 5. The maximum atomic E-state index is 11.4. The molecular formula is C25H38N2O6S. The number of aliphatic hydroxyl groups is 2. The highest BCUT2D eigenvalue weighted by molar-refractivity contribution is 7.89. The largest absolute Gasteiger partial charge is 0.508 e. The van der Waals surface area contributed by atoms with Crippen LogP contribution in [0, 0.1) is 0 Å². The van der Waals surface area contributed by atoms with Gasteiger partial charge in [-0.2, -0.15) is 0 Å². The van der Waals surface area contributed by atoms with Gasteiger partial charge in [0.15, 0.2) is 0 Å². The first kappa shape index (κ1) is 28.2. The van der Waals surface area contributed by atoms with Gasteiger partial charge in [-0.3, -0.25) is 0 Å². The molecule has 1 atom stereocenters. The summed E-state index contributed by atoms with van der Waals surface area (Å²) >= 11 is 0. The van der Waals surface area contributed by atoms with Crippen molar-refractivity contribution in [2.45, 2.75) is 62.6 Å². The Morgan fingerprint density at radius 2 is 1.71 bits per heavy atom. The minimum absolute atomic E-state index is 0.0294. The van der Waals surface area contributed by atoms with Crippen LogP contribution in [-0.4, -0.2) is 50.0 Å². The number of benzene rings is 2. The molecule has 34 heavy (non-hydrogen) atoms. The van der Waals surface area contributed by atoms with E-state index in [-0.39, 0.29) is 17.3 Å². The molecule has 0 saturated carbocycles. The molecule has 0 saturated heterocycles. The molecule has 0 aliphatic rings. The fraction of sp³-hybridized carbons (Fsp3) is 0.520. The number of unbranched alkanes of at least 4 members (excludes halogenated alkanes) is 4. The number of hydrogen-bond acceptors (Lipinski definition) is 7. The van der Waals surface area contributed by atoms with E-state index in [4.69, 9.17) is 9.88 Å². The second kappa shape index (κ2) is 15.1. The number of aryl methyl sites for hydroxylation is 1. The molecule has 0 fully saturated rings. The number of primary sulfonamides is 1. The van der Waals surface area contributed by atoms with Crippen LogP contribution < -0.4 is 10.5 Å². The summed E-state index contributed by atoms with van der Waals surface area (Å²) in [7, 11) is -3.65. The second-order valence-electron chi connectivity index (χ2n) is 8.44. The molecular weight excluding hydrogens is 456 g/mol. The summed E-state index contributed by atoms with van der Waals surface area (Å²) in [5.41, 5.74) is 2.05. The number of rotatable bonds is 17. The zero-order valence-electron chi connectivity index (χ0n) is 19.7. The van der Waals surface area contributed by atoms with Crippen LogP contribution in [0.15, 0.2) is 47.4 Å². The number of nitrogens with one attached hydrogen (secondary N) is 1. The third-order valence-corrected chi connectivity index (χ3v) is 6.53. The van der Waals surface area contributed by atoms with E-state index in [1.54, 1.807) is 24.3 Å². The monoisotopic (exact) mass is 494 g/mol. The maximum absolute atomic E-state index is 11.4. The van der Waals surface area contributed by atoms with Crippen molar-refractivity contribution in [3.8, 4) is 5.75 Å². The van der Waals surface area contributed by atoms with Crippen LogP contribution in [0.5, 0.6) is 5.75 Å². The molecule has 190 valence electrons. The Morgan fingerprint density at radius 1 is 0.971 bits per heavy atom. The Hall–Kier alpha value is -2.01. The molecule has 0 aromatic heterocycles. The van der Waals surface area contributed by atoms with Gasteiger partial charge in [0.25, 0.3) is 0 Å². The smallest absolute Gasteiger partial charge is 0.238 e. The van der Waals surface area contributed by atoms with Gasteiger partial charge in [-0.15, -0.1) is 0 Å². The molecule has 0 radical (unpaired) electrons. The van der Waals surface area contributed by atoms with E-state index in [1.807, 2.05) is 6.07 Å². The fourth-order valence-electron chi connectivity index (χ4n) is 3.62. The van der Waals surface area contributed by atoms with Crippen molar-refractivity contribution in [1.29, 1.82) is 0 Å². The summed E-state index contributed by atoms with van der Waals surface area (Å²) in [6.45, 7) is 2.41. The maximum Gasteiger partial charge on any atom is 0.238 e. The standard InChI is InChI=1S/C25H38N2O6S/c26-34(31,32)23-10-7-9-20(16-23)8-3-1-5-14-33-15-6-2-4-13-27-18-25(30)21-11-12-24(29)22(17-21)19-28/h7,9-12,16-17,25,27-30H,1-6,8,13-15,18-19H2,(H2,26,31,32)/t25-/m0/s1. The SMILES string of the molecule is NS(=O)(=O)c1cccc(CCCCCOCCCCCNC[C@H](O)c2ccc(O)c(CO)c2)c1. The fourth-order valence-corrected chi connectivity index (χ4v) is 4.20. The lowest BCUT2D eigenvalue weighted by Gasteiger charge is -2.14. The molecule has 0 aliphatic carbocycles. The zero-order valence-corrected chi connectivity index (χ0v) is 20.5. The predicted octanol–water partition coefficient (Wildman–Crippen LogP) is 2.75. The third kappa shape index (κ3) is 10.5. The van der Waals surface area contributed by atoms with Crippen molar-refractivity contribution >= 4 is 10.0 Å². The van der Waals surface area contributed by atoms with Crippen molar-refractivity contribution in [2.24, 2.45) is 5.14 Å². The molecule has 2 aromatic rings. The first-order valence-electron chi connectivity index (χ1n) is 11.8. The zero-order chi connectivity index (χ0) is 24.8. The van der Waals surface area contributed by atoms with E-state index in [9.17, 15) is 23.7 Å². The Balaban J connectivity index is 1.43. The van der Waals surface area contributed by atoms with Crippen LogP contribution >= 0.6 is 0 Å². The van der Waals surface area contributed by atoms with Gasteiger partial charge >= 0.3 is 0 Å². The lowest BCUT2D eigenvalue weighted by atomic mass is 10.1. The predicted molar refractivity (Wildman–Crippen MR) is 132 cm³/mol. The van der Waals surface area contributed by atoms with E-state index in [0.717, 1.165) is 70.3 Å². The molecule has 0 unspecified atom stereocenters. The highest BCUT2D eigenvalue weighted by Crippen LogP contribution is 2.22. The van der Waals surface area contributed by atoms with Gasteiger partial charge < -0.3 is 25.4 Å². The highest BCUT2D eigenvalue weighted by Gasteiger charge is 2.10. The van der Waals surface area contributed by atoms with Crippen LogP contribution in [0.25, 0.3) is 0 Å². The van der Waals surface area contributed by atoms with E-state index >= 15 is 0 Å². The number of sulfonamides is 1. The summed E-state index contributed by atoms with van der Waals surface area (Å²) in [5, 5.41) is 37.4. The highest BCUT2D eigenvalue weighted by atomic mass is 32.2. The van der Waals surface area contributed by atoms with Crippen molar-refractivity contribution in [1.82, 2.24) is 5.32 Å². The first-order chi connectivity index (χ1) is 16.3. The van der Waals surface area contributed by atoms with E-state index < -0.39 is 16.1 Å². The lowest BCUT2D eigenvalue weighted by Crippen LogP contribution is -2.22. The quantitative estimate of drug-likeness (QED) is 0.213. The minimum atomic E-state index is -3.65.